The second-order valence-corrected chi connectivity index (χ2v) is 13.1. The number of ether oxygens (including phenoxy) is 1. The molecule has 1 saturated carbocycles. The summed E-state index contributed by atoms with van der Waals surface area (Å²) in [5, 5.41) is 5.34. The molecule has 2 heterocycles. The molecule has 2 fully saturated rings. The highest BCUT2D eigenvalue weighted by Crippen LogP contribution is 2.43. The molecule has 1 saturated heterocycles. The fraction of sp³-hybridized carbons (Fsp3) is 0.516. The van der Waals surface area contributed by atoms with Crippen molar-refractivity contribution in [3.05, 3.63) is 53.5 Å². The zero-order valence-corrected chi connectivity index (χ0v) is 25.3. The molecule has 2 aromatic rings. The summed E-state index contributed by atoms with van der Waals surface area (Å²) in [5.74, 6) is -1.61. The summed E-state index contributed by atoms with van der Waals surface area (Å²) >= 11 is 0. The number of anilines is 2. The first kappa shape index (κ1) is 30.9. The van der Waals surface area contributed by atoms with Crippen molar-refractivity contribution in [3.8, 4) is 0 Å². The lowest BCUT2D eigenvalue weighted by molar-refractivity contribution is -0.154. The number of rotatable bonds is 4. The molecule has 1 aromatic carbocycles. The van der Waals surface area contributed by atoms with Gasteiger partial charge in [-0.15, -0.1) is 0 Å². The highest BCUT2D eigenvalue weighted by Gasteiger charge is 2.42. The predicted molar refractivity (Wildman–Crippen MR) is 156 cm³/mol. The van der Waals surface area contributed by atoms with Gasteiger partial charge in [0.05, 0.1) is 17.9 Å². The lowest BCUT2D eigenvalue weighted by Crippen LogP contribution is -2.60. The van der Waals surface area contributed by atoms with Crippen LogP contribution in [0, 0.1) is 11.2 Å². The summed E-state index contributed by atoms with van der Waals surface area (Å²) in [7, 11) is 0. The number of carbonyl (C=O) groups excluding carboxylic acids is 4. The standard InChI is InChI=1S/C31H40FN5O5/c1-18-16-37(24(20-10-12-21(32)13-11-20)17-36(18)28(40)30(2,3)4)27(39)26(38)34-22-14-23(19-8-9-19)25(33-15-22)35-29(41)42-31(5,6)7/h10-15,18-19,24H,8-9,16-17H2,1-7H3,(H,34,38)(H,33,35,41)/t18-,24-/m1/s1. The molecule has 0 bridgehead atoms. The summed E-state index contributed by atoms with van der Waals surface area (Å²) in [6.07, 6.45) is 2.57. The molecular weight excluding hydrogens is 541 g/mol. The van der Waals surface area contributed by atoms with Crippen molar-refractivity contribution in [1.29, 1.82) is 0 Å². The SMILES string of the molecule is C[C@@H]1CN(C(=O)C(=O)Nc2cnc(NC(=O)OC(C)(C)C)c(C3CC3)c2)[C@@H](c2ccc(F)cc2)CN1C(=O)C(C)(C)C. The smallest absolute Gasteiger partial charge is 0.413 e. The first-order chi connectivity index (χ1) is 19.5. The molecule has 0 spiro atoms. The zero-order valence-electron chi connectivity index (χ0n) is 25.3. The Morgan fingerprint density at radius 3 is 2.17 bits per heavy atom. The number of nitrogens with one attached hydrogen (secondary N) is 2. The van der Waals surface area contributed by atoms with E-state index in [1.54, 1.807) is 43.9 Å². The molecule has 0 unspecified atom stereocenters. The van der Waals surface area contributed by atoms with Crippen molar-refractivity contribution >= 4 is 35.3 Å². The highest BCUT2D eigenvalue weighted by molar-refractivity contribution is 6.39. The lowest BCUT2D eigenvalue weighted by atomic mass is 9.91. The molecule has 2 N–H and O–H groups in total. The van der Waals surface area contributed by atoms with Gasteiger partial charge < -0.3 is 19.9 Å². The summed E-state index contributed by atoms with van der Waals surface area (Å²) in [6.45, 7) is 12.9. The van der Waals surface area contributed by atoms with Crippen LogP contribution in [0.3, 0.4) is 0 Å². The molecule has 1 aliphatic carbocycles. The van der Waals surface area contributed by atoms with Crippen LogP contribution in [0.5, 0.6) is 0 Å². The number of benzene rings is 1. The Kier molecular flexibility index (Phi) is 8.61. The molecule has 10 nitrogen and oxygen atoms in total. The van der Waals surface area contributed by atoms with Crippen LogP contribution in [0.4, 0.5) is 20.7 Å². The summed E-state index contributed by atoms with van der Waals surface area (Å²) in [5.41, 5.74) is 0.372. The number of piperazine rings is 1. The molecule has 4 amide bonds. The molecule has 1 aromatic heterocycles. The number of aromatic nitrogens is 1. The Morgan fingerprint density at radius 2 is 1.60 bits per heavy atom. The third kappa shape index (κ3) is 7.43. The molecule has 226 valence electrons. The molecule has 42 heavy (non-hydrogen) atoms. The lowest BCUT2D eigenvalue weighted by Gasteiger charge is -2.46. The van der Waals surface area contributed by atoms with E-state index in [4.69, 9.17) is 4.74 Å². The van der Waals surface area contributed by atoms with Gasteiger partial charge in [-0.1, -0.05) is 32.9 Å². The third-order valence-corrected chi connectivity index (χ3v) is 7.16. The van der Waals surface area contributed by atoms with Gasteiger partial charge in [-0.25, -0.2) is 14.2 Å². The fourth-order valence-electron chi connectivity index (χ4n) is 4.96. The van der Waals surface area contributed by atoms with Crippen molar-refractivity contribution in [1.82, 2.24) is 14.8 Å². The van der Waals surface area contributed by atoms with Crippen molar-refractivity contribution in [2.24, 2.45) is 5.41 Å². The van der Waals surface area contributed by atoms with E-state index in [0.29, 0.717) is 17.1 Å². The summed E-state index contributed by atoms with van der Waals surface area (Å²) in [4.78, 5) is 59.9. The first-order valence-corrected chi connectivity index (χ1v) is 14.2. The van der Waals surface area contributed by atoms with Crippen LogP contribution in [0.15, 0.2) is 36.5 Å². The van der Waals surface area contributed by atoms with E-state index in [9.17, 15) is 23.6 Å². The highest BCUT2D eigenvalue weighted by atomic mass is 19.1. The minimum atomic E-state index is -0.860. The van der Waals surface area contributed by atoms with E-state index in [1.165, 1.54) is 23.2 Å². The maximum Gasteiger partial charge on any atom is 0.413 e. The number of halogens is 1. The fourth-order valence-corrected chi connectivity index (χ4v) is 4.96. The van der Waals surface area contributed by atoms with Gasteiger partial charge in [0.1, 0.15) is 17.2 Å². The average Bonchev–Trinajstić information content (AvgIpc) is 3.73. The monoisotopic (exact) mass is 581 g/mol. The molecule has 11 heteroatoms. The van der Waals surface area contributed by atoms with Crippen molar-refractivity contribution in [2.75, 3.05) is 23.7 Å². The number of nitrogens with zero attached hydrogens (tertiary/aromatic N) is 3. The maximum atomic E-state index is 13.7. The normalized spacial score (nSPS) is 19.2. The van der Waals surface area contributed by atoms with Gasteiger partial charge in [-0.05, 0) is 70.2 Å². The van der Waals surface area contributed by atoms with Crippen molar-refractivity contribution in [2.45, 2.75) is 84.9 Å². The second kappa shape index (κ2) is 11.7. The van der Waals surface area contributed by atoms with Crippen LogP contribution in [0.1, 0.15) is 84.4 Å². The quantitative estimate of drug-likeness (QED) is 0.477. The minimum absolute atomic E-state index is 0.0718. The molecular formula is C31H40FN5O5. The predicted octanol–water partition coefficient (Wildman–Crippen LogP) is 5.23. The van der Waals surface area contributed by atoms with E-state index in [-0.39, 0.29) is 31.0 Å². The molecule has 2 aliphatic rings. The van der Waals surface area contributed by atoms with E-state index < -0.39 is 40.8 Å². The number of pyridine rings is 1. The maximum absolute atomic E-state index is 13.7. The third-order valence-electron chi connectivity index (χ3n) is 7.16. The number of hydrogen-bond acceptors (Lipinski definition) is 6. The number of carbonyl (C=O) groups is 4. The van der Waals surface area contributed by atoms with E-state index in [2.05, 4.69) is 15.6 Å². The van der Waals surface area contributed by atoms with E-state index in [0.717, 1.165) is 18.4 Å². The summed E-state index contributed by atoms with van der Waals surface area (Å²) in [6, 6.07) is 6.45. The van der Waals surface area contributed by atoms with Gasteiger partial charge >= 0.3 is 17.9 Å². The summed E-state index contributed by atoms with van der Waals surface area (Å²) < 4.78 is 19.1. The van der Waals surface area contributed by atoms with E-state index >= 15 is 0 Å². The Hall–Kier alpha value is -4.02. The van der Waals surface area contributed by atoms with Crippen molar-refractivity contribution < 1.29 is 28.3 Å². The Labute approximate surface area is 246 Å². The molecule has 2 atom stereocenters. The Balaban J connectivity index is 1.54. The molecule has 1 aliphatic heterocycles. The largest absolute Gasteiger partial charge is 0.444 e. The van der Waals surface area contributed by atoms with Crippen LogP contribution in [0.2, 0.25) is 0 Å². The zero-order chi connectivity index (χ0) is 31.0. The Morgan fingerprint density at radius 1 is 0.952 bits per heavy atom. The van der Waals surface area contributed by atoms with Gasteiger partial charge in [0, 0.05) is 30.1 Å². The van der Waals surface area contributed by atoms with Gasteiger partial charge in [-0.2, -0.15) is 0 Å². The van der Waals surface area contributed by atoms with Gasteiger partial charge in [-0.3, -0.25) is 19.7 Å². The number of amides is 4. The van der Waals surface area contributed by atoms with E-state index in [1.807, 2.05) is 27.7 Å². The van der Waals surface area contributed by atoms with Crippen LogP contribution in [0.25, 0.3) is 0 Å². The van der Waals surface area contributed by atoms with Gasteiger partial charge in [0.25, 0.3) is 0 Å². The molecule has 4 rings (SSSR count). The topological polar surface area (TPSA) is 121 Å². The average molecular weight is 582 g/mol. The van der Waals surface area contributed by atoms with Crippen LogP contribution < -0.4 is 10.6 Å². The van der Waals surface area contributed by atoms with Crippen LogP contribution >= 0.6 is 0 Å². The number of hydrogen-bond donors (Lipinski definition) is 2. The van der Waals surface area contributed by atoms with Gasteiger partial charge in [0.15, 0.2) is 0 Å². The van der Waals surface area contributed by atoms with Crippen molar-refractivity contribution in [3.63, 3.8) is 0 Å². The van der Waals surface area contributed by atoms with Crippen LogP contribution in [-0.2, 0) is 19.1 Å². The second-order valence-electron chi connectivity index (χ2n) is 13.1. The van der Waals surface area contributed by atoms with Crippen LogP contribution in [-0.4, -0.2) is 63.3 Å². The Bertz CT molecular complexity index is 1360. The minimum Gasteiger partial charge on any atom is -0.444 e. The molecule has 0 radical (unpaired) electrons. The first-order valence-electron chi connectivity index (χ1n) is 14.2. The van der Waals surface area contributed by atoms with Gasteiger partial charge in [0.2, 0.25) is 5.91 Å².